The summed E-state index contributed by atoms with van der Waals surface area (Å²) >= 11 is 0. The van der Waals surface area contributed by atoms with Crippen LogP contribution in [0.4, 0.5) is 0 Å². The molecule has 0 aromatic heterocycles. The second kappa shape index (κ2) is 17.2. The smallest absolute Gasteiger partial charge is 0.176 e. The first-order valence-electron chi connectivity index (χ1n) is 17.5. The molecular weight excluding hydrogens is 694 g/mol. The van der Waals surface area contributed by atoms with Gasteiger partial charge in [-0.25, -0.2) is 0 Å². The van der Waals surface area contributed by atoms with E-state index in [0.717, 1.165) is 16.7 Å². The maximum atomic E-state index is 11.5. The molecule has 2 unspecified atom stereocenters. The highest BCUT2D eigenvalue weighted by molar-refractivity contribution is 5.47. The van der Waals surface area contributed by atoms with Crippen molar-refractivity contribution >= 4 is 0 Å². The molecule has 3 fully saturated rings. The summed E-state index contributed by atoms with van der Waals surface area (Å²) in [7, 11) is 0. The van der Waals surface area contributed by atoms with Gasteiger partial charge in [0.05, 0.1) is 37.9 Å². The van der Waals surface area contributed by atoms with Crippen molar-refractivity contribution in [3.63, 3.8) is 0 Å². The summed E-state index contributed by atoms with van der Waals surface area (Å²) in [5.41, 5.74) is 20.0. The molecule has 3 heterocycles. The number of benzene rings is 3. The van der Waals surface area contributed by atoms with Gasteiger partial charge in [0.2, 0.25) is 0 Å². The molecule has 0 aliphatic carbocycles. The van der Waals surface area contributed by atoms with E-state index in [0.29, 0.717) is 0 Å². The summed E-state index contributed by atoms with van der Waals surface area (Å²) in [5.74, 6) is 0. The van der Waals surface area contributed by atoms with Gasteiger partial charge in [0.1, 0.15) is 60.5 Å². The normalized spacial score (nSPS) is 38.0. The second-order valence-electron chi connectivity index (χ2n) is 13.5. The molecular formula is C37H49N3O13. The SMILES string of the molecule is N[C@H]1[C@H](OC2[C@@H](CO)O[C@@H](OC3[C@@H](CO)O[C@@H](O)[C@H](N)[C@H]3OC(c3ccccc3)(c3ccccc3)c3ccccc3)[C@H](N)[C@H]2O)O[C@H](CO)[C@@H](O)[C@@H]1O. The number of rotatable bonds is 12. The van der Waals surface area contributed by atoms with Crippen LogP contribution in [0.1, 0.15) is 16.7 Å². The van der Waals surface area contributed by atoms with Crippen LogP contribution in [0.15, 0.2) is 91.0 Å². The monoisotopic (exact) mass is 743 g/mol. The third-order valence-corrected chi connectivity index (χ3v) is 10.2. The second-order valence-corrected chi connectivity index (χ2v) is 13.5. The summed E-state index contributed by atoms with van der Waals surface area (Å²) in [4.78, 5) is 0. The summed E-state index contributed by atoms with van der Waals surface area (Å²) in [6.45, 7) is -2.03. The predicted octanol–water partition coefficient (Wildman–Crippen LogP) is -2.66. The molecule has 53 heavy (non-hydrogen) atoms. The molecule has 15 atom stereocenters. The first-order valence-corrected chi connectivity index (χ1v) is 17.5. The van der Waals surface area contributed by atoms with Crippen molar-refractivity contribution in [2.24, 2.45) is 17.2 Å². The van der Waals surface area contributed by atoms with E-state index in [4.69, 9.17) is 45.6 Å². The maximum absolute atomic E-state index is 11.5. The summed E-state index contributed by atoms with van der Waals surface area (Å²) in [5, 5.41) is 73.6. The van der Waals surface area contributed by atoms with Crippen molar-refractivity contribution in [2.45, 2.75) is 97.5 Å². The van der Waals surface area contributed by atoms with Crippen LogP contribution < -0.4 is 17.2 Å². The Morgan fingerprint density at radius 3 is 1.38 bits per heavy atom. The highest BCUT2D eigenvalue weighted by Crippen LogP contribution is 2.44. The zero-order valence-corrected chi connectivity index (χ0v) is 28.8. The van der Waals surface area contributed by atoms with E-state index in [-0.39, 0.29) is 0 Å². The molecule has 3 aromatic carbocycles. The van der Waals surface area contributed by atoms with E-state index in [1.807, 2.05) is 91.0 Å². The molecule has 3 aliphatic rings. The average molecular weight is 744 g/mol. The van der Waals surface area contributed by atoms with Crippen molar-refractivity contribution in [2.75, 3.05) is 19.8 Å². The van der Waals surface area contributed by atoms with Gasteiger partial charge >= 0.3 is 0 Å². The van der Waals surface area contributed by atoms with Gasteiger partial charge in [0, 0.05) is 0 Å². The van der Waals surface area contributed by atoms with Gasteiger partial charge in [0.25, 0.3) is 0 Å². The molecule has 0 saturated carbocycles. The van der Waals surface area contributed by atoms with Gasteiger partial charge < -0.3 is 81.4 Å². The Balaban J connectivity index is 1.34. The summed E-state index contributed by atoms with van der Waals surface area (Å²) < 4.78 is 36.8. The molecule has 16 heteroatoms. The van der Waals surface area contributed by atoms with E-state index < -0.39 is 117 Å². The van der Waals surface area contributed by atoms with Crippen molar-refractivity contribution in [1.82, 2.24) is 0 Å². The Labute approximate surface area is 306 Å². The van der Waals surface area contributed by atoms with Crippen LogP contribution in [0.25, 0.3) is 0 Å². The van der Waals surface area contributed by atoms with E-state index >= 15 is 0 Å². The van der Waals surface area contributed by atoms with E-state index in [2.05, 4.69) is 0 Å². The largest absolute Gasteiger partial charge is 0.394 e. The Morgan fingerprint density at radius 1 is 0.491 bits per heavy atom. The quantitative estimate of drug-likeness (QED) is 0.0848. The topological polar surface area (TPSA) is 275 Å². The van der Waals surface area contributed by atoms with Crippen LogP contribution in [0.2, 0.25) is 0 Å². The number of aliphatic hydroxyl groups excluding tert-OH is 7. The highest BCUT2D eigenvalue weighted by atomic mass is 16.7. The van der Waals surface area contributed by atoms with Crippen molar-refractivity contribution in [3.05, 3.63) is 108 Å². The molecule has 6 rings (SSSR count). The summed E-state index contributed by atoms with van der Waals surface area (Å²) in [6.07, 6.45) is -16.9. The molecule has 13 N–H and O–H groups in total. The zero-order chi connectivity index (χ0) is 37.9. The molecule has 3 saturated heterocycles. The van der Waals surface area contributed by atoms with Gasteiger partial charge in [-0.3, -0.25) is 0 Å². The van der Waals surface area contributed by atoms with E-state index in [1.165, 1.54) is 0 Å². The number of hydrogen-bond donors (Lipinski definition) is 10. The van der Waals surface area contributed by atoms with Gasteiger partial charge in [-0.2, -0.15) is 0 Å². The fourth-order valence-electron chi connectivity index (χ4n) is 7.24. The molecule has 0 radical (unpaired) electrons. The Kier molecular flexibility index (Phi) is 12.9. The molecule has 16 nitrogen and oxygen atoms in total. The van der Waals surface area contributed by atoms with Crippen LogP contribution in [0, 0.1) is 0 Å². The number of hydrogen-bond acceptors (Lipinski definition) is 16. The Bertz CT molecular complexity index is 1460. The summed E-state index contributed by atoms with van der Waals surface area (Å²) in [6, 6.07) is 24.2. The number of ether oxygens (including phenoxy) is 6. The molecule has 3 aliphatic heterocycles. The maximum Gasteiger partial charge on any atom is 0.176 e. The van der Waals surface area contributed by atoms with Crippen LogP contribution in [-0.4, -0.2) is 147 Å². The third kappa shape index (κ3) is 7.78. The third-order valence-electron chi connectivity index (χ3n) is 10.2. The van der Waals surface area contributed by atoms with Crippen molar-refractivity contribution in [3.8, 4) is 0 Å². The lowest BCUT2D eigenvalue weighted by atomic mass is 9.79. The molecule has 3 aromatic rings. The Morgan fingerprint density at radius 2 is 0.906 bits per heavy atom. The van der Waals surface area contributed by atoms with Crippen molar-refractivity contribution in [1.29, 1.82) is 0 Å². The minimum absolute atomic E-state index is 0.653. The van der Waals surface area contributed by atoms with Crippen LogP contribution >= 0.6 is 0 Å². The van der Waals surface area contributed by atoms with Crippen LogP contribution in [0.5, 0.6) is 0 Å². The van der Waals surface area contributed by atoms with Crippen LogP contribution in [0.3, 0.4) is 0 Å². The predicted molar refractivity (Wildman–Crippen MR) is 185 cm³/mol. The number of aliphatic hydroxyl groups is 7. The van der Waals surface area contributed by atoms with E-state index in [1.54, 1.807) is 0 Å². The number of nitrogens with two attached hydrogens (primary N) is 3. The lowest BCUT2D eigenvalue weighted by molar-refractivity contribution is -0.352. The zero-order valence-electron chi connectivity index (χ0n) is 28.8. The minimum Gasteiger partial charge on any atom is -0.394 e. The standard InChI is InChI=1S/C37H49N3O13/c38-25-29(45)28(44)22(16-41)49-35(25)51-31-23(17-42)50-36(26(39)30(31)46)52-32-24(18-43)48-34(47)27(40)33(32)53-37(19-10-4-1-5-11-19,20-12-6-2-7-13-20)21-14-8-3-9-15-21/h1-15,22-36,41-47H,16-18,38-40H2/t22-,23-,24-,25-,26-,27-,28-,29-,30-,31?,32?,33-,34-,35+,36+/m1/s1. The van der Waals surface area contributed by atoms with E-state index in [9.17, 15) is 35.7 Å². The van der Waals surface area contributed by atoms with Crippen molar-refractivity contribution < 1.29 is 64.2 Å². The van der Waals surface area contributed by atoms with Gasteiger partial charge in [-0.1, -0.05) is 91.0 Å². The lowest BCUT2D eigenvalue weighted by Crippen LogP contribution is -2.70. The first-order chi connectivity index (χ1) is 25.5. The average Bonchev–Trinajstić information content (AvgIpc) is 3.19. The van der Waals surface area contributed by atoms with Crippen LogP contribution in [-0.2, 0) is 34.0 Å². The molecule has 0 spiro atoms. The van der Waals surface area contributed by atoms with Gasteiger partial charge in [0.15, 0.2) is 18.9 Å². The molecule has 0 bridgehead atoms. The van der Waals surface area contributed by atoms with Gasteiger partial charge in [-0.15, -0.1) is 0 Å². The highest BCUT2D eigenvalue weighted by Gasteiger charge is 2.54. The molecule has 0 amide bonds. The minimum atomic E-state index is -1.61. The van der Waals surface area contributed by atoms with Gasteiger partial charge in [-0.05, 0) is 16.7 Å². The fourth-order valence-corrected chi connectivity index (χ4v) is 7.24. The first kappa shape index (κ1) is 39.7. The Hall–Kier alpha value is -2.98. The fraction of sp³-hybridized carbons (Fsp3) is 0.514. The molecule has 290 valence electrons. The lowest BCUT2D eigenvalue weighted by Gasteiger charge is -2.50.